The Bertz CT molecular complexity index is 485. The highest BCUT2D eigenvalue weighted by Gasteiger charge is 2.43. The number of likely N-dealkylation sites (tertiary alicyclic amines) is 1. The van der Waals surface area contributed by atoms with Crippen LogP contribution in [0.25, 0.3) is 0 Å². The molecule has 1 heterocycles. The van der Waals surface area contributed by atoms with Crippen LogP contribution < -0.4 is 0 Å². The molecule has 4 heteroatoms. The normalized spacial score (nSPS) is 24.7. The van der Waals surface area contributed by atoms with Crippen LogP contribution in [-0.4, -0.2) is 39.2 Å². The van der Waals surface area contributed by atoms with E-state index in [2.05, 4.69) is 11.8 Å². The zero-order chi connectivity index (χ0) is 15.5. The smallest absolute Gasteiger partial charge is 0.323 e. The quantitative estimate of drug-likeness (QED) is 0.875. The second-order valence-corrected chi connectivity index (χ2v) is 6.28. The first-order chi connectivity index (χ1) is 9.93. The second kappa shape index (κ2) is 6.48. The highest BCUT2D eigenvalue weighted by Crippen LogP contribution is 2.31. The number of carbonyl (C=O) groups is 1. The number of hydrogen-bond acceptors (Lipinski definition) is 3. The summed E-state index contributed by atoms with van der Waals surface area (Å²) in [4.78, 5) is 13.8. The average Bonchev–Trinajstić information content (AvgIpc) is 2.46. The van der Waals surface area contributed by atoms with Gasteiger partial charge in [-0.15, -0.1) is 0 Å². The molecule has 2 unspecified atom stereocenters. The number of rotatable bonds is 5. The molecule has 116 valence electrons. The molecule has 0 radical (unpaired) electrons. The summed E-state index contributed by atoms with van der Waals surface area (Å²) in [5.41, 5.74) is 0.445. The van der Waals surface area contributed by atoms with Crippen LogP contribution in [-0.2, 0) is 11.2 Å². The molecule has 1 aromatic rings. The fourth-order valence-corrected chi connectivity index (χ4v) is 3.27. The van der Waals surface area contributed by atoms with Crippen LogP contribution in [0.4, 0.5) is 0 Å². The minimum atomic E-state index is -0.730. The van der Waals surface area contributed by atoms with Crippen LogP contribution in [0.5, 0.6) is 5.75 Å². The van der Waals surface area contributed by atoms with E-state index in [0.29, 0.717) is 0 Å². The maximum absolute atomic E-state index is 11.6. The van der Waals surface area contributed by atoms with Gasteiger partial charge in [0.25, 0.3) is 0 Å². The van der Waals surface area contributed by atoms with Crippen molar-refractivity contribution in [3.8, 4) is 5.75 Å². The van der Waals surface area contributed by atoms with E-state index in [1.165, 1.54) is 5.56 Å². The van der Waals surface area contributed by atoms with Gasteiger partial charge < -0.3 is 10.2 Å². The van der Waals surface area contributed by atoms with Gasteiger partial charge in [-0.2, -0.15) is 0 Å². The number of hydrogen-bond donors (Lipinski definition) is 2. The van der Waals surface area contributed by atoms with Crippen LogP contribution >= 0.6 is 0 Å². The van der Waals surface area contributed by atoms with Crippen molar-refractivity contribution in [2.75, 3.05) is 6.54 Å². The van der Waals surface area contributed by atoms with Crippen LogP contribution in [0.15, 0.2) is 24.3 Å². The number of carboxylic acids is 1. The van der Waals surface area contributed by atoms with Gasteiger partial charge in [-0.05, 0) is 70.2 Å². The summed E-state index contributed by atoms with van der Waals surface area (Å²) in [6.07, 6.45) is 4.61. The molecule has 0 amide bonds. The lowest BCUT2D eigenvalue weighted by Crippen LogP contribution is -2.58. The zero-order valence-electron chi connectivity index (χ0n) is 12.9. The number of carboxylic acid groups (broad SMARTS) is 1. The molecule has 1 aliphatic heterocycles. The third kappa shape index (κ3) is 3.56. The Morgan fingerprint density at radius 1 is 1.33 bits per heavy atom. The summed E-state index contributed by atoms with van der Waals surface area (Å²) in [6.45, 7) is 4.83. The Hall–Kier alpha value is -1.55. The second-order valence-electron chi connectivity index (χ2n) is 6.28. The topological polar surface area (TPSA) is 60.8 Å². The highest BCUT2D eigenvalue weighted by molar-refractivity contribution is 5.78. The molecule has 0 bridgehead atoms. The third-order valence-electron chi connectivity index (χ3n) is 4.73. The number of phenols is 1. The van der Waals surface area contributed by atoms with Crippen molar-refractivity contribution in [2.24, 2.45) is 0 Å². The van der Waals surface area contributed by atoms with Gasteiger partial charge in [-0.1, -0.05) is 12.1 Å². The number of nitrogens with zero attached hydrogens (tertiary/aromatic N) is 1. The van der Waals surface area contributed by atoms with Crippen molar-refractivity contribution in [1.29, 1.82) is 0 Å². The van der Waals surface area contributed by atoms with Gasteiger partial charge in [0.1, 0.15) is 11.3 Å². The van der Waals surface area contributed by atoms with E-state index in [0.717, 1.165) is 38.6 Å². The van der Waals surface area contributed by atoms with Crippen molar-refractivity contribution in [3.05, 3.63) is 29.8 Å². The first-order valence-electron chi connectivity index (χ1n) is 7.71. The predicted octanol–water partition coefficient (Wildman–Crippen LogP) is 3.04. The Morgan fingerprint density at radius 2 is 2.00 bits per heavy atom. The Morgan fingerprint density at radius 3 is 2.62 bits per heavy atom. The van der Waals surface area contributed by atoms with Gasteiger partial charge in [-0.3, -0.25) is 9.69 Å². The number of aromatic hydroxyl groups is 1. The molecule has 1 aromatic carbocycles. The first-order valence-corrected chi connectivity index (χ1v) is 7.71. The van der Waals surface area contributed by atoms with Gasteiger partial charge in [0, 0.05) is 6.04 Å². The SMILES string of the molecule is CC(CCc1ccc(O)cc1)N1CCCCC1(C)C(=O)O. The number of aryl methyl sites for hydroxylation is 1. The summed E-state index contributed by atoms with van der Waals surface area (Å²) in [7, 11) is 0. The van der Waals surface area contributed by atoms with Gasteiger partial charge >= 0.3 is 5.97 Å². The molecule has 2 N–H and O–H groups in total. The largest absolute Gasteiger partial charge is 0.508 e. The Kier molecular flexibility index (Phi) is 4.88. The maximum Gasteiger partial charge on any atom is 0.323 e. The zero-order valence-corrected chi connectivity index (χ0v) is 12.9. The molecular formula is C17H25NO3. The third-order valence-corrected chi connectivity index (χ3v) is 4.73. The molecule has 2 rings (SSSR count). The molecule has 21 heavy (non-hydrogen) atoms. The predicted molar refractivity (Wildman–Crippen MR) is 82.5 cm³/mol. The lowest BCUT2D eigenvalue weighted by molar-refractivity contribution is -0.155. The molecule has 0 aromatic heterocycles. The van der Waals surface area contributed by atoms with E-state index < -0.39 is 11.5 Å². The summed E-state index contributed by atoms with van der Waals surface area (Å²) in [6, 6.07) is 7.48. The Labute approximate surface area is 126 Å². The molecule has 4 nitrogen and oxygen atoms in total. The van der Waals surface area contributed by atoms with Crippen molar-refractivity contribution >= 4 is 5.97 Å². The number of piperidine rings is 1. The van der Waals surface area contributed by atoms with E-state index in [4.69, 9.17) is 0 Å². The van der Waals surface area contributed by atoms with Crippen LogP contribution in [0.2, 0.25) is 0 Å². The molecule has 0 spiro atoms. The standard InChI is InChI=1S/C17H25NO3/c1-13(5-6-14-7-9-15(19)10-8-14)18-12-4-3-11-17(18,2)16(20)21/h7-10,13,19H,3-6,11-12H2,1-2H3,(H,20,21). The summed E-state index contributed by atoms with van der Waals surface area (Å²) in [5.74, 6) is -0.431. The van der Waals surface area contributed by atoms with E-state index in [-0.39, 0.29) is 11.8 Å². The van der Waals surface area contributed by atoms with Gasteiger partial charge in [0.2, 0.25) is 0 Å². The number of benzene rings is 1. The summed E-state index contributed by atoms with van der Waals surface area (Å²) < 4.78 is 0. The lowest BCUT2D eigenvalue weighted by Gasteiger charge is -2.45. The molecular weight excluding hydrogens is 266 g/mol. The maximum atomic E-state index is 11.6. The lowest BCUT2D eigenvalue weighted by atomic mass is 9.86. The van der Waals surface area contributed by atoms with Crippen LogP contribution in [0, 0.1) is 0 Å². The summed E-state index contributed by atoms with van der Waals surface area (Å²) >= 11 is 0. The highest BCUT2D eigenvalue weighted by atomic mass is 16.4. The molecule has 1 fully saturated rings. The summed E-state index contributed by atoms with van der Waals surface area (Å²) in [5, 5.41) is 18.9. The Balaban J connectivity index is 1.99. The van der Waals surface area contributed by atoms with Crippen molar-refractivity contribution in [3.63, 3.8) is 0 Å². The van der Waals surface area contributed by atoms with E-state index >= 15 is 0 Å². The average molecular weight is 291 g/mol. The van der Waals surface area contributed by atoms with Gasteiger partial charge in [0.05, 0.1) is 0 Å². The van der Waals surface area contributed by atoms with E-state index in [9.17, 15) is 15.0 Å². The van der Waals surface area contributed by atoms with Crippen molar-refractivity contribution in [2.45, 2.75) is 57.5 Å². The fraction of sp³-hybridized carbons (Fsp3) is 0.588. The molecule has 0 saturated carbocycles. The number of phenolic OH excluding ortho intramolecular Hbond substituents is 1. The first kappa shape index (κ1) is 15.8. The van der Waals surface area contributed by atoms with E-state index in [1.807, 2.05) is 19.1 Å². The van der Waals surface area contributed by atoms with Crippen LogP contribution in [0.1, 0.15) is 45.1 Å². The molecule has 1 saturated heterocycles. The van der Waals surface area contributed by atoms with Crippen molar-refractivity contribution in [1.82, 2.24) is 4.90 Å². The monoisotopic (exact) mass is 291 g/mol. The fourth-order valence-electron chi connectivity index (χ4n) is 3.27. The molecule has 2 atom stereocenters. The minimum absolute atomic E-state index is 0.236. The van der Waals surface area contributed by atoms with Gasteiger partial charge in [0.15, 0.2) is 0 Å². The number of aliphatic carboxylic acids is 1. The minimum Gasteiger partial charge on any atom is -0.508 e. The molecule has 0 aliphatic carbocycles. The van der Waals surface area contributed by atoms with Gasteiger partial charge in [-0.25, -0.2) is 0 Å². The van der Waals surface area contributed by atoms with Crippen LogP contribution in [0.3, 0.4) is 0 Å². The van der Waals surface area contributed by atoms with E-state index in [1.54, 1.807) is 12.1 Å². The van der Waals surface area contributed by atoms with Crippen molar-refractivity contribution < 1.29 is 15.0 Å². The molecule has 1 aliphatic rings.